The quantitative estimate of drug-likeness (QED) is 0.369. The number of rotatable bonds is 3. The maximum atomic E-state index is 11.4. The smallest absolute Gasteiger partial charge is 0.178 e. The summed E-state index contributed by atoms with van der Waals surface area (Å²) in [6, 6.07) is 4.77. The first-order valence-corrected chi connectivity index (χ1v) is 5.53. The van der Waals surface area contributed by atoms with Gasteiger partial charge in [0.25, 0.3) is 0 Å². The molecule has 0 amide bonds. The van der Waals surface area contributed by atoms with E-state index in [2.05, 4.69) is 0 Å². The minimum absolute atomic E-state index is 0.138. The van der Waals surface area contributed by atoms with Crippen molar-refractivity contribution in [2.24, 2.45) is 0 Å². The molecule has 1 rings (SSSR count). The molecule has 0 radical (unpaired) electrons. The fourth-order valence-electron chi connectivity index (χ4n) is 1.07. The van der Waals surface area contributed by atoms with Gasteiger partial charge in [-0.2, -0.15) is 5.26 Å². The van der Waals surface area contributed by atoms with Crippen molar-refractivity contribution in [3.05, 3.63) is 32.4 Å². The maximum absolute atomic E-state index is 11.4. The Morgan fingerprint density at radius 3 is 2.73 bits per heavy atom. The van der Waals surface area contributed by atoms with E-state index in [0.717, 1.165) is 0 Å². The average molecular weight is 334 g/mol. The van der Waals surface area contributed by atoms with Crippen LogP contribution >= 0.6 is 34.2 Å². The van der Waals surface area contributed by atoms with E-state index in [4.69, 9.17) is 16.9 Å². The van der Waals surface area contributed by atoms with Gasteiger partial charge in [0.1, 0.15) is 0 Å². The number of carbonyl (C=O) groups is 2. The van der Waals surface area contributed by atoms with Crippen LogP contribution in [0.2, 0.25) is 0 Å². The minimum atomic E-state index is -0.255. The van der Waals surface area contributed by atoms with Crippen LogP contribution in [-0.2, 0) is 0 Å². The van der Waals surface area contributed by atoms with Gasteiger partial charge in [-0.05, 0) is 34.7 Å². The van der Waals surface area contributed by atoms with Crippen molar-refractivity contribution in [3.8, 4) is 6.07 Å². The summed E-state index contributed by atoms with van der Waals surface area (Å²) in [5.74, 6) is -0.392. The van der Waals surface area contributed by atoms with Gasteiger partial charge in [0.05, 0.1) is 17.5 Å². The van der Waals surface area contributed by atoms with E-state index in [1.807, 2.05) is 28.7 Å². The van der Waals surface area contributed by atoms with Crippen LogP contribution in [0.15, 0.2) is 12.1 Å². The minimum Gasteiger partial charge on any atom is -0.298 e. The van der Waals surface area contributed by atoms with E-state index in [-0.39, 0.29) is 22.8 Å². The zero-order valence-electron chi connectivity index (χ0n) is 7.46. The highest BCUT2D eigenvalue weighted by Gasteiger charge is 2.12. The van der Waals surface area contributed by atoms with Gasteiger partial charge >= 0.3 is 0 Å². The Labute approximate surface area is 105 Å². The molecule has 0 unspecified atom stereocenters. The second-order valence-corrected chi connectivity index (χ2v) is 4.14. The highest BCUT2D eigenvalue weighted by Crippen LogP contribution is 2.18. The van der Waals surface area contributed by atoms with Crippen molar-refractivity contribution in [1.82, 2.24) is 0 Å². The molecule has 1 aromatic carbocycles. The van der Waals surface area contributed by atoms with Gasteiger partial charge in [-0.25, -0.2) is 0 Å². The fraction of sp³-hybridized carbons (Fsp3) is 0.100. The maximum Gasteiger partial charge on any atom is 0.178 e. The number of alkyl halides is 1. The molecule has 0 spiro atoms. The number of aldehydes is 1. The van der Waals surface area contributed by atoms with Gasteiger partial charge in [0.15, 0.2) is 12.1 Å². The van der Waals surface area contributed by atoms with Crippen LogP contribution in [0.5, 0.6) is 0 Å². The lowest BCUT2D eigenvalue weighted by atomic mass is 10.0. The Hall–Kier alpha value is -0.930. The summed E-state index contributed by atoms with van der Waals surface area (Å²) in [4.78, 5) is 22.0. The molecule has 0 heterocycles. The molecule has 5 heteroatoms. The molecular weight excluding hydrogens is 328 g/mol. The number of Topliss-reactive ketones (excluding diaryl/α,β-unsaturated/α-hetero) is 1. The summed E-state index contributed by atoms with van der Waals surface area (Å²) in [6.45, 7) is 0. The van der Waals surface area contributed by atoms with Crippen molar-refractivity contribution in [2.75, 3.05) is 5.88 Å². The number of hydrogen-bond donors (Lipinski definition) is 0. The topological polar surface area (TPSA) is 57.9 Å². The second-order valence-electron chi connectivity index (χ2n) is 2.71. The molecule has 1 aromatic rings. The van der Waals surface area contributed by atoms with E-state index in [9.17, 15) is 9.59 Å². The van der Waals surface area contributed by atoms with E-state index >= 15 is 0 Å². The Bertz CT molecular complexity index is 465. The van der Waals surface area contributed by atoms with Crippen LogP contribution in [-0.4, -0.2) is 17.9 Å². The normalized spacial score (nSPS) is 9.40. The van der Waals surface area contributed by atoms with Crippen LogP contribution in [0.4, 0.5) is 0 Å². The number of carbonyl (C=O) groups excluding carboxylic acids is 2. The third kappa shape index (κ3) is 2.55. The van der Waals surface area contributed by atoms with Crippen molar-refractivity contribution in [1.29, 1.82) is 5.26 Å². The summed E-state index contributed by atoms with van der Waals surface area (Å²) in [6.07, 6.45) is 0.593. The van der Waals surface area contributed by atoms with Crippen molar-refractivity contribution >= 4 is 46.3 Å². The molecular formula is C10H5ClINO2. The zero-order valence-corrected chi connectivity index (χ0v) is 10.4. The molecule has 76 valence electrons. The van der Waals surface area contributed by atoms with E-state index in [1.54, 1.807) is 0 Å². The van der Waals surface area contributed by atoms with E-state index in [1.165, 1.54) is 12.1 Å². The molecule has 0 saturated carbocycles. The average Bonchev–Trinajstić information content (AvgIpc) is 2.27. The molecule has 0 aliphatic heterocycles. The van der Waals surface area contributed by atoms with Gasteiger partial charge < -0.3 is 0 Å². The molecule has 0 saturated heterocycles. The highest BCUT2D eigenvalue weighted by atomic mass is 127. The first kappa shape index (κ1) is 12.1. The third-order valence-electron chi connectivity index (χ3n) is 1.81. The lowest BCUT2D eigenvalue weighted by Crippen LogP contribution is -2.05. The number of benzene rings is 1. The summed E-state index contributed by atoms with van der Waals surface area (Å²) >= 11 is 7.36. The molecule has 15 heavy (non-hydrogen) atoms. The molecule has 0 bridgehead atoms. The van der Waals surface area contributed by atoms with Crippen LogP contribution < -0.4 is 0 Å². The lowest BCUT2D eigenvalue weighted by molar-refractivity contribution is 0.101. The van der Waals surface area contributed by atoms with Gasteiger partial charge in [-0.3, -0.25) is 9.59 Å². The van der Waals surface area contributed by atoms with Gasteiger partial charge in [0, 0.05) is 14.7 Å². The van der Waals surface area contributed by atoms with Crippen LogP contribution in [0.25, 0.3) is 0 Å². The molecule has 0 aliphatic rings. The molecule has 0 N–H and O–H groups in total. The Balaban J connectivity index is 3.40. The number of hydrogen-bond acceptors (Lipinski definition) is 3. The number of halogens is 2. The first-order valence-electron chi connectivity index (χ1n) is 3.92. The molecule has 0 fully saturated rings. The number of nitrogens with zero attached hydrogens (tertiary/aromatic N) is 1. The van der Waals surface area contributed by atoms with Crippen LogP contribution in [0.3, 0.4) is 0 Å². The van der Waals surface area contributed by atoms with Crippen LogP contribution in [0, 0.1) is 14.9 Å². The molecule has 0 aliphatic carbocycles. The number of ketones is 1. The largest absolute Gasteiger partial charge is 0.298 e. The zero-order chi connectivity index (χ0) is 11.4. The lowest BCUT2D eigenvalue weighted by Gasteiger charge is -2.03. The highest BCUT2D eigenvalue weighted by molar-refractivity contribution is 14.1. The summed E-state index contributed by atoms with van der Waals surface area (Å²) in [5, 5.41) is 8.76. The van der Waals surface area contributed by atoms with Gasteiger partial charge in [-0.15, -0.1) is 11.6 Å². The Morgan fingerprint density at radius 1 is 1.60 bits per heavy atom. The Kier molecular flexibility index (Phi) is 4.24. The molecule has 0 aromatic heterocycles. The van der Waals surface area contributed by atoms with E-state index < -0.39 is 0 Å². The van der Waals surface area contributed by atoms with Crippen molar-refractivity contribution < 1.29 is 9.59 Å². The first-order chi connectivity index (χ1) is 7.13. The second kappa shape index (κ2) is 5.24. The Morgan fingerprint density at radius 2 is 2.27 bits per heavy atom. The van der Waals surface area contributed by atoms with Gasteiger partial charge in [0.2, 0.25) is 0 Å². The summed E-state index contributed by atoms with van der Waals surface area (Å²) in [5.41, 5.74) is 0.861. The van der Waals surface area contributed by atoms with Crippen molar-refractivity contribution in [2.45, 2.75) is 0 Å². The van der Waals surface area contributed by atoms with E-state index in [0.29, 0.717) is 15.4 Å². The number of nitriles is 1. The fourth-order valence-corrected chi connectivity index (χ4v) is 2.00. The van der Waals surface area contributed by atoms with Crippen molar-refractivity contribution in [3.63, 3.8) is 0 Å². The SMILES string of the molecule is N#Cc1cc(C(=O)CCl)c(I)cc1C=O. The third-order valence-corrected chi connectivity index (χ3v) is 2.94. The predicted molar refractivity (Wildman–Crippen MR) is 64.3 cm³/mol. The molecule has 0 atom stereocenters. The van der Waals surface area contributed by atoms with Crippen LogP contribution in [0.1, 0.15) is 26.3 Å². The summed E-state index contributed by atoms with van der Waals surface area (Å²) < 4.78 is 0.624. The monoisotopic (exact) mass is 333 g/mol. The standard InChI is InChI=1S/C10H5ClINO2/c11-3-10(15)8-1-6(4-13)7(5-14)2-9(8)12/h1-2,5H,3H2. The summed E-state index contributed by atoms with van der Waals surface area (Å²) in [7, 11) is 0. The predicted octanol–water partition coefficient (Wildman–Crippen LogP) is 2.40. The molecule has 3 nitrogen and oxygen atoms in total. The van der Waals surface area contributed by atoms with Gasteiger partial charge in [-0.1, -0.05) is 0 Å².